The third kappa shape index (κ3) is 3.53. The van der Waals surface area contributed by atoms with Crippen LogP contribution in [0.4, 0.5) is 4.39 Å². The van der Waals surface area contributed by atoms with Gasteiger partial charge in [-0.15, -0.1) is 0 Å². The number of amides is 1. The highest BCUT2D eigenvalue weighted by atomic mass is 79.9. The van der Waals surface area contributed by atoms with Crippen LogP contribution in [0.3, 0.4) is 0 Å². The molecule has 0 radical (unpaired) electrons. The molecule has 0 atom stereocenters. The van der Waals surface area contributed by atoms with Gasteiger partial charge >= 0.3 is 5.97 Å². The zero-order chi connectivity index (χ0) is 13.7. The Morgan fingerprint density at radius 2 is 2.11 bits per heavy atom. The average molecular weight is 318 g/mol. The van der Waals surface area contributed by atoms with Crippen LogP contribution >= 0.6 is 15.9 Å². The van der Waals surface area contributed by atoms with Crippen LogP contribution in [0, 0.1) is 5.82 Å². The summed E-state index contributed by atoms with van der Waals surface area (Å²) in [6.07, 6.45) is -0.132. The summed E-state index contributed by atoms with van der Waals surface area (Å²) in [7, 11) is 0. The molecule has 0 heterocycles. The van der Waals surface area contributed by atoms with Crippen molar-refractivity contribution in [1.29, 1.82) is 0 Å². The number of aliphatic carboxylic acids is 1. The molecule has 0 aliphatic heterocycles. The lowest BCUT2D eigenvalue weighted by Crippen LogP contribution is -2.33. The molecule has 1 amide bonds. The number of carbonyl (C=O) groups is 2. The summed E-state index contributed by atoms with van der Waals surface area (Å²) in [5.74, 6) is -1.88. The van der Waals surface area contributed by atoms with Gasteiger partial charge in [-0.3, -0.25) is 9.59 Å². The van der Waals surface area contributed by atoms with E-state index < -0.39 is 11.8 Å². The number of carboxylic acid groups (broad SMARTS) is 1. The monoisotopic (exact) mass is 317 g/mol. The lowest BCUT2D eigenvalue weighted by atomic mass is 10.2. The Bertz CT molecular complexity index is 465. The lowest BCUT2D eigenvalue weighted by Gasteiger charge is -2.20. The summed E-state index contributed by atoms with van der Waals surface area (Å²) in [6.45, 7) is 2.22. The summed E-state index contributed by atoms with van der Waals surface area (Å²) >= 11 is 3.02. The molecule has 0 aromatic heterocycles. The van der Waals surface area contributed by atoms with Gasteiger partial charge in [-0.1, -0.05) is 6.07 Å². The van der Waals surface area contributed by atoms with Crippen LogP contribution < -0.4 is 0 Å². The number of carbonyl (C=O) groups excluding carboxylic acids is 1. The zero-order valence-corrected chi connectivity index (χ0v) is 11.4. The van der Waals surface area contributed by atoms with Gasteiger partial charge in [-0.2, -0.15) is 0 Å². The number of halogens is 2. The molecule has 1 aromatic carbocycles. The topological polar surface area (TPSA) is 57.6 Å². The van der Waals surface area contributed by atoms with Crippen molar-refractivity contribution in [3.63, 3.8) is 0 Å². The van der Waals surface area contributed by atoms with E-state index >= 15 is 0 Å². The van der Waals surface area contributed by atoms with Gasteiger partial charge in [0, 0.05) is 13.1 Å². The highest BCUT2D eigenvalue weighted by Crippen LogP contribution is 2.21. The first-order valence-electron chi connectivity index (χ1n) is 5.42. The largest absolute Gasteiger partial charge is 0.481 e. The van der Waals surface area contributed by atoms with Crippen LogP contribution in [0.5, 0.6) is 0 Å². The maximum atomic E-state index is 13.3. The van der Waals surface area contributed by atoms with E-state index in [-0.39, 0.29) is 28.9 Å². The number of nitrogens with zero attached hydrogens (tertiary/aromatic N) is 1. The van der Waals surface area contributed by atoms with Crippen molar-refractivity contribution in [2.75, 3.05) is 13.1 Å². The molecule has 0 unspecified atom stereocenters. The summed E-state index contributed by atoms with van der Waals surface area (Å²) in [6, 6.07) is 4.19. The Hall–Kier alpha value is -1.43. The van der Waals surface area contributed by atoms with E-state index in [9.17, 15) is 14.0 Å². The highest BCUT2D eigenvalue weighted by molar-refractivity contribution is 9.10. The first-order valence-corrected chi connectivity index (χ1v) is 6.21. The summed E-state index contributed by atoms with van der Waals surface area (Å²) in [4.78, 5) is 24.0. The van der Waals surface area contributed by atoms with Gasteiger partial charge in [-0.05, 0) is 35.0 Å². The molecule has 1 N–H and O–H groups in total. The molecule has 0 aliphatic carbocycles. The third-order valence-electron chi connectivity index (χ3n) is 2.45. The van der Waals surface area contributed by atoms with Gasteiger partial charge in [0.2, 0.25) is 0 Å². The van der Waals surface area contributed by atoms with Crippen molar-refractivity contribution in [1.82, 2.24) is 4.90 Å². The summed E-state index contributed by atoms with van der Waals surface area (Å²) < 4.78 is 13.4. The predicted octanol–water partition coefficient (Wildman–Crippen LogP) is 2.53. The van der Waals surface area contributed by atoms with Crippen molar-refractivity contribution in [2.24, 2.45) is 0 Å². The maximum Gasteiger partial charge on any atom is 0.305 e. The van der Waals surface area contributed by atoms with Gasteiger partial charge in [0.15, 0.2) is 0 Å². The Morgan fingerprint density at radius 3 is 2.67 bits per heavy atom. The van der Waals surface area contributed by atoms with E-state index in [0.717, 1.165) is 0 Å². The van der Waals surface area contributed by atoms with Crippen molar-refractivity contribution in [2.45, 2.75) is 13.3 Å². The van der Waals surface area contributed by atoms with Crippen LogP contribution in [-0.4, -0.2) is 35.0 Å². The van der Waals surface area contributed by atoms with E-state index in [0.29, 0.717) is 6.54 Å². The van der Waals surface area contributed by atoms with Gasteiger partial charge in [0.05, 0.1) is 16.5 Å². The van der Waals surface area contributed by atoms with Crippen molar-refractivity contribution >= 4 is 27.8 Å². The van der Waals surface area contributed by atoms with Crippen LogP contribution in [0.1, 0.15) is 23.7 Å². The van der Waals surface area contributed by atoms with Crippen molar-refractivity contribution in [3.05, 3.63) is 34.1 Å². The van der Waals surface area contributed by atoms with Crippen LogP contribution in [0.2, 0.25) is 0 Å². The molecule has 1 aromatic rings. The van der Waals surface area contributed by atoms with Crippen molar-refractivity contribution in [3.8, 4) is 0 Å². The first-order chi connectivity index (χ1) is 8.47. The predicted molar refractivity (Wildman–Crippen MR) is 67.9 cm³/mol. The van der Waals surface area contributed by atoms with Crippen LogP contribution in [0.15, 0.2) is 22.7 Å². The van der Waals surface area contributed by atoms with E-state index in [1.165, 1.54) is 23.1 Å². The third-order valence-corrected chi connectivity index (χ3v) is 3.25. The van der Waals surface area contributed by atoms with Crippen molar-refractivity contribution < 1.29 is 19.1 Å². The van der Waals surface area contributed by atoms with Crippen LogP contribution in [-0.2, 0) is 4.79 Å². The molecular weight excluding hydrogens is 305 g/mol. The number of hydrogen-bond acceptors (Lipinski definition) is 2. The molecule has 0 saturated heterocycles. The molecule has 0 saturated carbocycles. The molecule has 0 aliphatic rings. The second-order valence-corrected chi connectivity index (χ2v) is 4.42. The fourth-order valence-corrected chi connectivity index (χ4v) is 1.91. The normalized spacial score (nSPS) is 10.2. The molecule has 4 nitrogen and oxygen atoms in total. The molecule has 6 heteroatoms. The maximum absolute atomic E-state index is 13.3. The standard InChI is InChI=1S/C12H13BrFNO3/c1-2-15(7-6-10(16)17)12(18)8-4-3-5-9(14)11(8)13/h3-5H,2,6-7H2,1H3,(H,16,17). The minimum Gasteiger partial charge on any atom is -0.481 e. The van der Waals surface area contributed by atoms with Crippen LogP contribution in [0.25, 0.3) is 0 Å². The number of benzene rings is 1. The van der Waals surface area contributed by atoms with Gasteiger partial charge in [-0.25, -0.2) is 4.39 Å². The highest BCUT2D eigenvalue weighted by Gasteiger charge is 2.19. The molecular formula is C12H13BrFNO3. The SMILES string of the molecule is CCN(CCC(=O)O)C(=O)c1cccc(F)c1Br. The first kappa shape index (κ1) is 14.6. The summed E-state index contributed by atoms with van der Waals surface area (Å²) in [5, 5.41) is 8.60. The molecule has 1 rings (SSSR count). The summed E-state index contributed by atoms with van der Waals surface area (Å²) in [5.41, 5.74) is 0.197. The quantitative estimate of drug-likeness (QED) is 0.907. The Morgan fingerprint density at radius 1 is 1.44 bits per heavy atom. The number of rotatable bonds is 5. The zero-order valence-electron chi connectivity index (χ0n) is 9.82. The fourth-order valence-electron chi connectivity index (χ4n) is 1.47. The minimum absolute atomic E-state index is 0.101. The second-order valence-electron chi connectivity index (χ2n) is 3.63. The van der Waals surface area contributed by atoms with Gasteiger partial charge < -0.3 is 10.0 Å². The Balaban J connectivity index is 2.89. The van der Waals surface area contributed by atoms with E-state index in [1.54, 1.807) is 6.92 Å². The van der Waals surface area contributed by atoms with E-state index in [1.807, 2.05) is 0 Å². The molecule has 18 heavy (non-hydrogen) atoms. The Kier molecular flexibility index (Phi) is 5.27. The molecule has 0 spiro atoms. The second kappa shape index (κ2) is 6.49. The lowest BCUT2D eigenvalue weighted by molar-refractivity contribution is -0.137. The Labute approximate surface area is 113 Å². The fraction of sp³-hybridized carbons (Fsp3) is 0.333. The van der Waals surface area contributed by atoms with E-state index in [4.69, 9.17) is 5.11 Å². The number of carboxylic acids is 1. The molecule has 0 fully saturated rings. The van der Waals surface area contributed by atoms with E-state index in [2.05, 4.69) is 15.9 Å². The number of hydrogen-bond donors (Lipinski definition) is 1. The molecule has 0 bridgehead atoms. The minimum atomic E-state index is -0.973. The molecule has 98 valence electrons. The smallest absolute Gasteiger partial charge is 0.305 e. The van der Waals surface area contributed by atoms with Gasteiger partial charge in [0.25, 0.3) is 5.91 Å². The average Bonchev–Trinajstić information content (AvgIpc) is 2.32. The van der Waals surface area contributed by atoms with Gasteiger partial charge in [0.1, 0.15) is 5.82 Å².